The van der Waals surface area contributed by atoms with Gasteiger partial charge in [-0.3, -0.25) is 4.79 Å². The number of oxime groups is 1. The molecule has 35 heavy (non-hydrogen) atoms. The zero-order valence-electron chi connectivity index (χ0n) is 20.5. The van der Waals surface area contributed by atoms with Crippen molar-refractivity contribution in [3.05, 3.63) is 58.7 Å². The van der Waals surface area contributed by atoms with Gasteiger partial charge in [0.25, 0.3) is 0 Å². The van der Waals surface area contributed by atoms with Crippen molar-refractivity contribution in [1.82, 2.24) is 0 Å². The standard InChI is InChI=1S/C29H32N2O4/c1-19(32)34-29(16-17-30)15-13-26-25-10-8-21-18-22(31-35-27(33)20-6-4-3-5-7-20)9-11-23(21)24(25)12-14-28(26,29)2/h3-7,18,25-26H,8-16H2,1-2H3/t25?,26?,28-,29+/m0/s1. The third kappa shape index (κ3) is 4.01. The Hall–Kier alpha value is -3.20. The van der Waals surface area contributed by atoms with Crippen LogP contribution in [0.15, 0.2) is 58.3 Å². The fourth-order valence-electron chi connectivity index (χ4n) is 7.33. The van der Waals surface area contributed by atoms with E-state index in [-0.39, 0.29) is 17.8 Å². The Kier molecular flexibility index (Phi) is 6.13. The zero-order chi connectivity index (χ0) is 24.6. The van der Waals surface area contributed by atoms with Crippen molar-refractivity contribution in [1.29, 1.82) is 5.26 Å². The topological polar surface area (TPSA) is 88.8 Å². The molecular formula is C29H32N2O4. The minimum absolute atomic E-state index is 0.169. The van der Waals surface area contributed by atoms with Gasteiger partial charge in [0.15, 0.2) is 0 Å². The van der Waals surface area contributed by atoms with E-state index in [4.69, 9.17) is 9.57 Å². The van der Waals surface area contributed by atoms with E-state index in [0.717, 1.165) is 57.1 Å². The van der Waals surface area contributed by atoms with E-state index in [2.05, 4.69) is 24.2 Å². The first-order chi connectivity index (χ1) is 16.9. The van der Waals surface area contributed by atoms with Crippen LogP contribution in [0.25, 0.3) is 0 Å². The average Bonchev–Trinajstić information content (AvgIpc) is 3.14. The molecule has 0 N–H and O–H groups in total. The minimum Gasteiger partial charge on any atom is -0.458 e. The number of nitriles is 1. The van der Waals surface area contributed by atoms with Crippen molar-refractivity contribution < 1.29 is 19.2 Å². The van der Waals surface area contributed by atoms with Gasteiger partial charge in [0, 0.05) is 12.3 Å². The molecule has 6 nitrogen and oxygen atoms in total. The summed E-state index contributed by atoms with van der Waals surface area (Å²) in [7, 11) is 0. The Morgan fingerprint density at radius 1 is 1.11 bits per heavy atom. The van der Waals surface area contributed by atoms with Crippen LogP contribution in [0.5, 0.6) is 0 Å². The van der Waals surface area contributed by atoms with Gasteiger partial charge < -0.3 is 9.57 Å². The number of ether oxygens (including phenoxy) is 1. The predicted molar refractivity (Wildman–Crippen MR) is 131 cm³/mol. The van der Waals surface area contributed by atoms with Gasteiger partial charge in [-0.05, 0) is 92.6 Å². The summed E-state index contributed by atoms with van der Waals surface area (Å²) in [5.41, 5.74) is 4.81. The van der Waals surface area contributed by atoms with Crippen LogP contribution in [0.4, 0.5) is 0 Å². The van der Waals surface area contributed by atoms with E-state index in [1.165, 1.54) is 18.1 Å². The van der Waals surface area contributed by atoms with Crippen molar-refractivity contribution >= 4 is 17.7 Å². The molecule has 2 saturated carbocycles. The molecule has 2 fully saturated rings. The third-order valence-corrected chi connectivity index (χ3v) is 9.00. The summed E-state index contributed by atoms with van der Waals surface area (Å²) in [4.78, 5) is 29.5. The number of fused-ring (bicyclic) bond motifs is 4. The maximum Gasteiger partial charge on any atom is 0.365 e. The highest BCUT2D eigenvalue weighted by atomic mass is 16.7. The van der Waals surface area contributed by atoms with Gasteiger partial charge in [-0.25, -0.2) is 4.79 Å². The van der Waals surface area contributed by atoms with Gasteiger partial charge in [-0.1, -0.05) is 35.9 Å². The number of nitrogens with zero attached hydrogens (tertiary/aromatic N) is 2. The number of benzene rings is 1. The SMILES string of the molecule is CC(=O)O[C@@]1(CC#N)CCC2C3CCC4=CC(=NOC(=O)c5ccccc5)CCC4=C3CC[C@@]21C. The van der Waals surface area contributed by atoms with E-state index in [0.29, 0.717) is 17.4 Å². The molecule has 0 bridgehead atoms. The Morgan fingerprint density at radius 2 is 1.91 bits per heavy atom. The van der Waals surface area contributed by atoms with Crippen molar-refractivity contribution in [2.75, 3.05) is 0 Å². The Balaban J connectivity index is 1.37. The van der Waals surface area contributed by atoms with Crippen LogP contribution in [0.2, 0.25) is 0 Å². The first kappa shape index (κ1) is 23.5. The van der Waals surface area contributed by atoms with E-state index < -0.39 is 11.6 Å². The van der Waals surface area contributed by atoms with Crippen molar-refractivity contribution in [3.8, 4) is 6.07 Å². The van der Waals surface area contributed by atoms with Gasteiger partial charge in [0.2, 0.25) is 0 Å². The smallest absolute Gasteiger partial charge is 0.365 e. The number of hydrogen-bond acceptors (Lipinski definition) is 6. The first-order valence-electron chi connectivity index (χ1n) is 12.7. The Morgan fingerprint density at radius 3 is 2.66 bits per heavy atom. The fraction of sp³-hybridized carbons (Fsp3) is 0.517. The molecule has 0 saturated heterocycles. The van der Waals surface area contributed by atoms with Crippen LogP contribution in [-0.4, -0.2) is 23.3 Å². The average molecular weight is 473 g/mol. The molecule has 0 aliphatic heterocycles. The van der Waals surface area contributed by atoms with Crippen LogP contribution in [0.3, 0.4) is 0 Å². The molecule has 0 spiro atoms. The number of carbonyl (C=O) groups is 2. The summed E-state index contributed by atoms with van der Waals surface area (Å²) in [5, 5.41) is 13.7. The van der Waals surface area contributed by atoms with E-state index in [9.17, 15) is 14.9 Å². The molecule has 2 unspecified atom stereocenters. The second kappa shape index (κ2) is 9.11. The van der Waals surface area contributed by atoms with Gasteiger partial charge in [0.05, 0.1) is 23.8 Å². The second-order valence-electron chi connectivity index (χ2n) is 10.6. The van der Waals surface area contributed by atoms with E-state index in [1.807, 2.05) is 6.07 Å². The van der Waals surface area contributed by atoms with Crippen LogP contribution < -0.4 is 0 Å². The van der Waals surface area contributed by atoms with E-state index in [1.54, 1.807) is 29.8 Å². The summed E-state index contributed by atoms with van der Waals surface area (Å²) in [5.74, 6) is 0.180. The highest BCUT2D eigenvalue weighted by molar-refractivity contribution is 5.98. The molecule has 0 amide bonds. The summed E-state index contributed by atoms with van der Waals surface area (Å²) < 4.78 is 5.94. The molecule has 1 aromatic rings. The van der Waals surface area contributed by atoms with Crippen LogP contribution in [0.1, 0.15) is 82.0 Å². The molecule has 0 aromatic heterocycles. The quantitative estimate of drug-likeness (QED) is 0.302. The summed E-state index contributed by atoms with van der Waals surface area (Å²) in [6, 6.07) is 11.2. The molecule has 6 heteroatoms. The molecule has 4 aliphatic carbocycles. The van der Waals surface area contributed by atoms with Gasteiger partial charge >= 0.3 is 11.9 Å². The zero-order valence-corrected chi connectivity index (χ0v) is 20.5. The molecule has 4 atom stereocenters. The van der Waals surface area contributed by atoms with Gasteiger partial charge in [0.1, 0.15) is 5.60 Å². The highest BCUT2D eigenvalue weighted by Crippen LogP contribution is 2.65. The lowest BCUT2D eigenvalue weighted by atomic mass is 9.54. The summed E-state index contributed by atoms with van der Waals surface area (Å²) in [6.07, 6.45) is 9.76. The van der Waals surface area contributed by atoms with Crippen molar-refractivity contribution in [2.24, 2.45) is 22.4 Å². The Bertz CT molecular complexity index is 1170. The molecule has 5 rings (SSSR count). The fourth-order valence-corrected chi connectivity index (χ4v) is 7.33. The second-order valence-corrected chi connectivity index (χ2v) is 10.6. The minimum atomic E-state index is -0.667. The maximum atomic E-state index is 12.2. The third-order valence-electron chi connectivity index (χ3n) is 9.00. The highest BCUT2D eigenvalue weighted by Gasteiger charge is 2.63. The number of rotatable bonds is 4. The van der Waals surface area contributed by atoms with Crippen LogP contribution in [0, 0.1) is 28.6 Å². The monoisotopic (exact) mass is 472 g/mol. The number of carbonyl (C=O) groups excluding carboxylic acids is 2. The molecular weight excluding hydrogens is 440 g/mol. The number of esters is 1. The van der Waals surface area contributed by atoms with Gasteiger partial charge in [-0.2, -0.15) is 5.26 Å². The summed E-state index contributed by atoms with van der Waals surface area (Å²) in [6.45, 7) is 3.71. The lowest BCUT2D eigenvalue weighted by Gasteiger charge is -2.52. The molecule has 4 aliphatic rings. The van der Waals surface area contributed by atoms with Crippen molar-refractivity contribution in [2.45, 2.75) is 77.2 Å². The first-order valence-corrected chi connectivity index (χ1v) is 12.7. The van der Waals surface area contributed by atoms with Crippen molar-refractivity contribution in [3.63, 3.8) is 0 Å². The molecule has 0 radical (unpaired) electrons. The van der Waals surface area contributed by atoms with E-state index >= 15 is 0 Å². The van der Waals surface area contributed by atoms with Crippen LogP contribution in [-0.2, 0) is 14.4 Å². The van der Waals surface area contributed by atoms with Crippen LogP contribution >= 0.6 is 0 Å². The maximum absolute atomic E-state index is 12.2. The lowest BCUT2D eigenvalue weighted by molar-refractivity contribution is -0.174. The lowest BCUT2D eigenvalue weighted by Crippen LogP contribution is -2.51. The Labute approximate surface area is 206 Å². The molecule has 1 aromatic carbocycles. The number of hydrogen-bond donors (Lipinski definition) is 0. The molecule has 0 heterocycles. The summed E-state index contributed by atoms with van der Waals surface area (Å²) >= 11 is 0. The normalized spacial score (nSPS) is 32.6. The largest absolute Gasteiger partial charge is 0.458 e. The molecule has 182 valence electrons. The number of allylic oxidation sites excluding steroid dienone is 4. The van der Waals surface area contributed by atoms with Gasteiger partial charge in [-0.15, -0.1) is 0 Å². The predicted octanol–water partition coefficient (Wildman–Crippen LogP) is 6.05.